The van der Waals surface area contributed by atoms with Crippen LogP contribution in [0.4, 0.5) is 5.69 Å². The van der Waals surface area contributed by atoms with Gasteiger partial charge in [-0.15, -0.1) is 0 Å². The Morgan fingerprint density at radius 2 is 2.18 bits per heavy atom. The van der Waals surface area contributed by atoms with Crippen molar-refractivity contribution in [3.05, 3.63) is 23.3 Å². The summed E-state index contributed by atoms with van der Waals surface area (Å²) in [7, 11) is 0. The van der Waals surface area contributed by atoms with Gasteiger partial charge in [0.1, 0.15) is 17.6 Å². The van der Waals surface area contributed by atoms with E-state index in [0.29, 0.717) is 17.0 Å². The van der Waals surface area contributed by atoms with Gasteiger partial charge < -0.3 is 10.1 Å². The highest BCUT2D eigenvalue weighted by Crippen LogP contribution is 2.41. The highest BCUT2D eigenvalue weighted by atomic mass is 16.5. The molecule has 0 saturated carbocycles. The standard InChI is InChI=1S/C13H15NO3/c1-8(16)14-11-5-9(7-15)4-10-6-13(2,3)17-12(10)11/h4-5,7H,6H2,1-3H3,(H,14,16). The van der Waals surface area contributed by atoms with Crippen LogP contribution in [0.25, 0.3) is 0 Å². The van der Waals surface area contributed by atoms with Crippen molar-refractivity contribution in [2.45, 2.75) is 32.8 Å². The van der Waals surface area contributed by atoms with Crippen molar-refractivity contribution < 1.29 is 14.3 Å². The van der Waals surface area contributed by atoms with Crippen LogP contribution in [0.1, 0.15) is 36.7 Å². The lowest BCUT2D eigenvalue weighted by Crippen LogP contribution is -2.25. The number of ether oxygens (including phenoxy) is 1. The van der Waals surface area contributed by atoms with Crippen molar-refractivity contribution in [3.63, 3.8) is 0 Å². The largest absolute Gasteiger partial charge is 0.485 e. The average molecular weight is 233 g/mol. The van der Waals surface area contributed by atoms with Gasteiger partial charge in [-0.2, -0.15) is 0 Å². The van der Waals surface area contributed by atoms with Crippen LogP contribution in [0.3, 0.4) is 0 Å². The Kier molecular flexibility index (Phi) is 2.65. The molecule has 1 aliphatic rings. The predicted octanol–water partition coefficient (Wildman–Crippen LogP) is 2.17. The normalized spacial score (nSPS) is 15.9. The summed E-state index contributed by atoms with van der Waals surface area (Å²) in [5, 5.41) is 2.69. The van der Waals surface area contributed by atoms with E-state index in [4.69, 9.17) is 4.74 Å². The monoisotopic (exact) mass is 233 g/mol. The van der Waals surface area contributed by atoms with Crippen molar-refractivity contribution >= 4 is 17.9 Å². The van der Waals surface area contributed by atoms with Crippen LogP contribution in [0.15, 0.2) is 12.1 Å². The van der Waals surface area contributed by atoms with Gasteiger partial charge in [-0.05, 0) is 26.0 Å². The lowest BCUT2D eigenvalue weighted by Gasteiger charge is -2.18. The lowest BCUT2D eigenvalue weighted by molar-refractivity contribution is -0.114. The fraction of sp³-hybridized carbons (Fsp3) is 0.385. The van der Waals surface area contributed by atoms with Crippen LogP contribution in [0.5, 0.6) is 5.75 Å². The maximum absolute atomic E-state index is 11.1. The Morgan fingerprint density at radius 1 is 1.47 bits per heavy atom. The fourth-order valence-electron chi connectivity index (χ4n) is 2.09. The first-order valence-electron chi connectivity index (χ1n) is 5.50. The molecule has 1 N–H and O–H groups in total. The van der Waals surface area contributed by atoms with E-state index in [2.05, 4.69) is 5.32 Å². The summed E-state index contributed by atoms with van der Waals surface area (Å²) in [4.78, 5) is 22.0. The predicted molar refractivity (Wildman–Crippen MR) is 64.5 cm³/mol. The first-order valence-corrected chi connectivity index (χ1v) is 5.50. The SMILES string of the molecule is CC(=O)Nc1cc(C=O)cc2c1OC(C)(C)C2. The van der Waals surface area contributed by atoms with Gasteiger partial charge in [-0.25, -0.2) is 0 Å². The smallest absolute Gasteiger partial charge is 0.221 e. The first-order chi connectivity index (χ1) is 7.91. The topological polar surface area (TPSA) is 55.4 Å². The summed E-state index contributed by atoms with van der Waals surface area (Å²) in [6, 6.07) is 3.44. The third kappa shape index (κ3) is 2.30. The summed E-state index contributed by atoms with van der Waals surface area (Å²) in [5.74, 6) is 0.499. The molecular formula is C13H15NO3. The molecule has 1 heterocycles. The molecule has 1 aromatic rings. The van der Waals surface area contributed by atoms with Crippen LogP contribution in [0, 0.1) is 0 Å². The van der Waals surface area contributed by atoms with E-state index < -0.39 is 0 Å². The van der Waals surface area contributed by atoms with Gasteiger partial charge in [-0.3, -0.25) is 9.59 Å². The molecule has 0 atom stereocenters. The number of anilines is 1. The Bertz CT molecular complexity index is 492. The number of fused-ring (bicyclic) bond motifs is 1. The summed E-state index contributed by atoms with van der Waals surface area (Å²) in [6.07, 6.45) is 1.51. The number of amides is 1. The van der Waals surface area contributed by atoms with E-state index in [0.717, 1.165) is 18.3 Å². The van der Waals surface area contributed by atoms with Crippen molar-refractivity contribution in [1.82, 2.24) is 0 Å². The van der Waals surface area contributed by atoms with Crippen LogP contribution < -0.4 is 10.1 Å². The quantitative estimate of drug-likeness (QED) is 0.796. The van der Waals surface area contributed by atoms with Gasteiger partial charge in [-0.1, -0.05) is 0 Å². The number of aldehydes is 1. The summed E-state index contributed by atoms with van der Waals surface area (Å²) >= 11 is 0. The fourth-order valence-corrected chi connectivity index (χ4v) is 2.09. The zero-order chi connectivity index (χ0) is 12.6. The second-order valence-corrected chi connectivity index (χ2v) is 4.89. The van der Waals surface area contributed by atoms with Gasteiger partial charge in [0.2, 0.25) is 5.91 Å². The number of hydrogen-bond donors (Lipinski definition) is 1. The molecule has 0 aromatic heterocycles. The van der Waals surface area contributed by atoms with E-state index in [1.54, 1.807) is 6.07 Å². The van der Waals surface area contributed by atoms with Crippen molar-refractivity contribution in [2.75, 3.05) is 5.32 Å². The first kappa shape index (κ1) is 11.6. The molecule has 1 aromatic carbocycles. The van der Waals surface area contributed by atoms with Gasteiger partial charge in [0, 0.05) is 24.5 Å². The molecule has 0 radical (unpaired) electrons. The number of carbonyl (C=O) groups excluding carboxylic acids is 2. The Hall–Kier alpha value is -1.84. The molecule has 0 fully saturated rings. The molecule has 0 unspecified atom stereocenters. The van der Waals surface area contributed by atoms with Crippen LogP contribution >= 0.6 is 0 Å². The average Bonchev–Trinajstić information content (AvgIpc) is 2.51. The van der Waals surface area contributed by atoms with Crippen molar-refractivity contribution in [1.29, 1.82) is 0 Å². The number of carbonyl (C=O) groups is 2. The van der Waals surface area contributed by atoms with E-state index in [9.17, 15) is 9.59 Å². The Morgan fingerprint density at radius 3 is 2.76 bits per heavy atom. The van der Waals surface area contributed by atoms with Crippen LogP contribution in [0.2, 0.25) is 0 Å². The maximum Gasteiger partial charge on any atom is 0.221 e. The van der Waals surface area contributed by atoms with E-state index in [1.165, 1.54) is 6.92 Å². The zero-order valence-electron chi connectivity index (χ0n) is 10.2. The molecule has 17 heavy (non-hydrogen) atoms. The molecule has 0 bridgehead atoms. The lowest BCUT2D eigenvalue weighted by atomic mass is 10.00. The molecule has 4 heteroatoms. The molecule has 1 amide bonds. The maximum atomic E-state index is 11.1. The van der Waals surface area contributed by atoms with E-state index >= 15 is 0 Å². The summed E-state index contributed by atoms with van der Waals surface area (Å²) < 4.78 is 5.80. The zero-order valence-corrected chi connectivity index (χ0v) is 10.2. The van der Waals surface area contributed by atoms with E-state index in [1.807, 2.05) is 19.9 Å². The minimum absolute atomic E-state index is 0.177. The molecule has 0 spiro atoms. The third-order valence-electron chi connectivity index (χ3n) is 2.63. The van der Waals surface area contributed by atoms with Gasteiger partial charge in [0.25, 0.3) is 0 Å². The molecule has 1 aliphatic heterocycles. The molecule has 90 valence electrons. The number of benzene rings is 1. The second kappa shape index (κ2) is 3.87. The number of rotatable bonds is 2. The van der Waals surface area contributed by atoms with Crippen molar-refractivity contribution in [3.8, 4) is 5.75 Å². The van der Waals surface area contributed by atoms with Crippen LogP contribution in [-0.4, -0.2) is 17.8 Å². The number of hydrogen-bond acceptors (Lipinski definition) is 3. The van der Waals surface area contributed by atoms with Gasteiger partial charge >= 0.3 is 0 Å². The second-order valence-electron chi connectivity index (χ2n) is 4.89. The Balaban J connectivity index is 2.49. The minimum Gasteiger partial charge on any atom is -0.485 e. The molecule has 0 aliphatic carbocycles. The van der Waals surface area contributed by atoms with Gasteiger partial charge in [0.05, 0.1) is 5.69 Å². The third-order valence-corrected chi connectivity index (χ3v) is 2.63. The highest BCUT2D eigenvalue weighted by molar-refractivity contribution is 5.92. The number of nitrogens with one attached hydrogen (secondary N) is 1. The molecular weight excluding hydrogens is 218 g/mol. The molecule has 2 rings (SSSR count). The van der Waals surface area contributed by atoms with Crippen molar-refractivity contribution in [2.24, 2.45) is 0 Å². The molecule has 0 saturated heterocycles. The minimum atomic E-state index is -0.295. The Labute approximate surface area is 100.0 Å². The molecule has 4 nitrogen and oxygen atoms in total. The van der Waals surface area contributed by atoms with E-state index in [-0.39, 0.29) is 11.5 Å². The highest BCUT2D eigenvalue weighted by Gasteiger charge is 2.32. The summed E-state index contributed by atoms with van der Waals surface area (Å²) in [6.45, 7) is 5.39. The van der Waals surface area contributed by atoms with Crippen LogP contribution in [-0.2, 0) is 11.2 Å². The van der Waals surface area contributed by atoms with Gasteiger partial charge in [0.15, 0.2) is 0 Å². The summed E-state index contributed by atoms with van der Waals surface area (Å²) in [5.41, 5.74) is 1.79.